The van der Waals surface area contributed by atoms with Gasteiger partial charge < -0.3 is 15.4 Å². The fraction of sp³-hybridized carbons (Fsp3) is 0.267. The highest BCUT2D eigenvalue weighted by Gasteiger charge is 2.04. The summed E-state index contributed by atoms with van der Waals surface area (Å²) in [6, 6.07) is 7.65. The summed E-state index contributed by atoms with van der Waals surface area (Å²) in [4.78, 5) is 19.8. The number of aryl methyl sites for hydroxylation is 1. The van der Waals surface area contributed by atoms with Gasteiger partial charge in [0, 0.05) is 5.69 Å². The fourth-order valence-corrected chi connectivity index (χ4v) is 1.70. The summed E-state index contributed by atoms with van der Waals surface area (Å²) in [5.74, 6) is 0. The van der Waals surface area contributed by atoms with E-state index in [4.69, 9.17) is 4.74 Å². The van der Waals surface area contributed by atoms with Crippen molar-refractivity contribution in [1.29, 1.82) is 0 Å². The predicted octanol–water partition coefficient (Wildman–Crippen LogP) is 3.08. The number of carbonyl (C=O) groups is 1. The van der Waals surface area contributed by atoms with E-state index >= 15 is 0 Å². The third-order valence-corrected chi connectivity index (χ3v) is 2.78. The first-order chi connectivity index (χ1) is 10.2. The second kappa shape index (κ2) is 7.23. The number of aromatic nitrogens is 2. The van der Waals surface area contributed by atoms with Crippen LogP contribution in [0.3, 0.4) is 0 Å². The summed E-state index contributed by atoms with van der Waals surface area (Å²) in [5, 5.41) is 5.40. The molecular weight excluding hydrogens is 268 g/mol. The smallest absolute Gasteiger partial charge is 0.323 e. The number of ether oxygens (including phenoxy) is 1. The van der Waals surface area contributed by atoms with Crippen LogP contribution in [0.1, 0.15) is 19.4 Å². The van der Waals surface area contributed by atoms with E-state index in [0.717, 1.165) is 12.1 Å². The van der Waals surface area contributed by atoms with Crippen molar-refractivity contribution in [2.75, 3.05) is 17.2 Å². The third kappa shape index (κ3) is 4.45. The van der Waals surface area contributed by atoms with Gasteiger partial charge in [0.25, 0.3) is 0 Å². The molecule has 0 unspecified atom stereocenters. The summed E-state index contributed by atoms with van der Waals surface area (Å²) in [7, 11) is 0. The Morgan fingerprint density at radius 2 is 1.67 bits per heavy atom. The molecule has 2 N–H and O–H groups in total. The molecule has 0 saturated carbocycles. The maximum Gasteiger partial charge on any atom is 0.323 e. The number of amides is 2. The molecule has 1 heterocycles. The van der Waals surface area contributed by atoms with Crippen molar-refractivity contribution < 1.29 is 9.53 Å². The van der Waals surface area contributed by atoms with Crippen LogP contribution >= 0.6 is 0 Å². The number of carbonyl (C=O) groups excluding carboxylic acids is 1. The summed E-state index contributed by atoms with van der Waals surface area (Å²) >= 11 is 0. The first-order valence-corrected chi connectivity index (χ1v) is 6.83. The molecule has 2 aromatic rings. The van der Waals surface area contributed by atoms with Gasteiger partial charge in [0.2, 0.25) is 0 Å². The van der Waals surface area contributed by atoms with Crippen molar-refractivity contribution >= 4 is 17.4 Å². The van der Waals surface area contributed by atoms with E-state index in [1.165, 1.54) is 18.0 Å². The van der Waals surface area contributed by atoms with Gasteiger partial charge in [-0.2, -0.15) is 0 Å². The molecule has 0 spiro atoms. The van der Waals surface area contributed by atoms with Crippen LogP contribution in [0.15, 0.2) is 36.7 Å². The fourth-order valence-electron chi connectivity index (χ4n) is 1.70. The van der Waals surface area contributed by atoms with Crippen LogP contribution in [0, 0.1) is 0 Å². The number of benzene rings is 1. The van der Waals surface area contributed by atoms with Gasteiger partial charge in [0.15, 0.2) is 0 Å². The molecule has 0 atom stereocenters. The van der Waals surface area contributed by atoms with E-state index in [1.54, 1.807) is 0 Å². The highest BCUT2D eigenvalue weighted by atomic mass is 16.5. The predicted molar refractivity (Wildman–Crippen MR) is 81.7 cm³/mol. The lowest BCUT2D eigenvalue weighted by molar-refractivity contribution is 0.262. The first kappa shape index (κ1) is 14.8. The van der Waals surface area contributed by atoms with Gasteiger partial charge in [-0.3, -0.25) is 0 Å². The second-order valence-corrected chi connectivity index (χ2v) is 4.32. The maximum absolute atomic E-state index is 11.8. The van der Waals surface area contributed by atoms with Crippen LogP contribution in [0.25, 0.3) is 0 Å². The van der Waals surface area contributed by atoms with Gasteiger partial charge in [0.05, 0.1) is 24.7 Å². The minimum absolute atomic E-state index is 0.290. The Morgan fingerprint density at radius 3 is 2.24 bits per heavy atom. The Bertz CT molecular complexity index is 582. The quantitative estimate of drug-likeness (QED) is 0.885. The van der Waals surface area contributed by atoms with E-state index in [0.29, 0.717) is 18.3 Å². The van der Waals surface area contributed by atoms with Gasteiger partial charge in [-0.15, -0.1) is 0 Å². The number of anilines is 2. The van der Waals surface area contributed by atoms with Gasteiger partial charge in [0.1, 0.15) is 0 Å². The normalized spacial score (nSPS) is 10.0. The molecule has 0 bridgehead atoms. The maximum atomic E-state index is 11.8. The lowest BCUT2D eigenvalue weighted by Gasteiger charge is -2.08. The van der Waals surface area contributed by atoms with Crippen molar-refractivity contribution in [3.63, 3.8) is 0 Å². The molecule has 2 rings (SSSR count). The summed E-state index contributed by atoms with van der Waals surface area (Å²) < 4.78 is 5.13. The molecule has 0 radical (unpaired) electrons. The van der Waals surface area contributed by atoms with Gasteiger partial charge in [-0.1, -0.05) is 19.1 Å². The molecule has 6 heteroatoms. The third-order valence-electron chi connectivity index (χ3n) is 2.78. The van der Waals surface area contributed by atoms with Crippen molar-refractivity contribution in [2.24, 2.45) is 0 Å². The molecule has 1 aromatic carbocycles. The molecule has 6 nitrogen and oxygen atoms in total. The zero-order chi connectivity index (χ0) is 15.1. The number of urea groups is 1. The average molecular weight is 286 g/mol. The summed E-state index contributed by atoms with van der Waals surface area (Å²) in [5.41, 5.74) is 2.46. The molecule has 1 aromatic heterocycles. The number of nitrogens with zero attached hydrogens (tertiary/aromatic N) is 2. The highest BCUT2D eigenvalue weighted by Crippen LogP contribution is 2.11. The monoisotopic (exact) mass is 286 g/mol. The van der Waals surface area contributed by atoms with E-state index < -0.39 is 0 Å². The topological polar surface area (TPSA) is 76.1 Å². The highest BCUT2D eigenvalue weighted by molar-refractivity contribution is 5.99. The molecule has 110 valence electrons. The van der Waals surface area contributed by atoms with E-state index in [-0.39, 0.29) is 6.03 Å². The molecule has 2 amide bonds. The molecular formula is C15H18N4O2. The molecule has 0 aliphatic heterocycles. The Kier molecular flexibility index (Phi) is 5.09. The van der Waals surface area contributed by atoms with Crippen molar-refractivity contribution in [2.45, 2.75) is 20.3 Å². The van der Waals surface area contributed by atoms with Crippen molar-refractivity contribution in [3.8, 4) is 6.01 Å². The molecule has 21 heavy (non-hydrogen) atoms. The largest absolute Gasteiger partial charge is 0.464 e. The van der Waals surface area contributed by atoms with Crippen LogP contribution < -0.4 is 15.4 Å². The number of hydrogen-bond acceptors (Lipinski definition) is 4. The van der Waals surface area contributed by atoms with Gasteiger partial charge in [-0.25, -0.2) is 14.8 Å². The Labute approximate surface area is 123 Å². The van der Waals surface area contributed by atoms with Crippen LogP contribution in [-0.2, 0) is 6.42 Å². The zero-order valence-corrected chi connectivity index (χ0v) is 12.1. The van der Waals surface area contributed by atoms with E-state index in [2.05, 4.69) is 27.5 Å². The minimum atomic E-state index is -0.341. The second-order valence-electron chi connectivity index (χ2n) is 4.32. The standard InChI is InChI=1S/C15H18N4O2/c1-3-11-5-7-12(8-6-11)18-14(20)19-13-9-16-15(17-10-13)21-4-2/h5-10H,3-4H2,1-2H3,(H2,18,19,20). The number of nitrogens with one attached hydrogen (secondary N) is 2. The van der Waals surface area contributed by atoms with Crippen molar-refractivity contribution in [1.82, 2.24) is 9.97 Å². The Balaban J connectivity index is 1.91. The minimum Gasteiger partial charge on any atom is -0.464 e. The molecule has 0 fully saturated rings. The molecule has 0 aliphatic carbocycles. The lowest BCUT2D eigenvalue weighted by Crippen LogP contribution is -2.19. The summed E-state index contributed by atoms with van der Waals surface area (Å²) in [6.07, 6.45) is 3.96. The van der Waals surface area contributed by atoms with Crippen molar-refractivity contribution in [3.05, 3.63) is 42.2 Å². The summed E-state index contributed by atoms with van der Waals surface area (Å²) in [6.45, 7) is 4.44. The van der Waals surface area contributed by atoms with Crippen LogP contribution in [0.2, 0.25) is 0 Å². The Hall–Kier alpha value is -2.63. The average Bonchev–Trinajstić information content (AvgIpc) is 2.50. The number of rotatable bonds is 5. The van der Waals surface area contributed by atoms with Crippen LogP contribution in [-0.4, -0.2) is 22.6 Å². The van der Waals surface area contributed by atoms with E-state index in [1.807, 2.05) is 31.2 Å². The van der Waals surface area contributed by atoms with Crippen LogP contribution in [0.4, 0.5) is 16.2 Å². The van der Waals surface area contributed by atoms with Gasteiger partial charge >= 0.3 is 12.0 Å². The first-order valence-electron chi connectivity index (χ1n) is 6.83. The van der Waals surface area contributed by atoms with Gasteiger partial charge in [-0.05, 0) is 31.0 Å². The molecule has 0 aliphatic rings. The SMILES string of the molecule is CCOc1ncc(NC(=O)Nc2ccc(CC)cc2)cn1. The lowest BCUT2D eigenvalue weighted by atomic mass is 10.1. The zero-order valence-electron chi connectivity index (χ0n) is 12.1. The molecule has 0 saturated heterocycles. The number of hydrogen-bond donors (Lipinski definition) is 2. The van der Waals surface area contributed by atoms with Crippen LogP contribution in [0.5, 0.6) is 6.01 Å². The van der Waals surface area contributed by atoms with E-state index in [9.17, 15) is 4.79 Å². The Morgan fingerprint density at radius 1 is 1.05 bits per heavy atom.